The largest absolute Gasteiger partial charge is 1.00 e. The standard InChI is InChI=1S/C11H16N2O.C7H8N2O.2HI.H2O/c1-11(2,3)12-10(14)9-5-7-13(4)8-6-9;1-9-5-3-2-4-7(9)6-8-10;;;/h5-8H,1-4H3;2-6H,1H3;2*1H;1H2. The number of carbonyl (C=O) groups is 1. The molecule has 2 aromatic rings. The average Bonchev–Trinajstić information content (AvgIpc) is 2.49. The highest BCUT2D eigenvalue weighted by molar-refractivity contribution is 5.94. The third-order valence-corrected chi connectivity index (χ3v) is 3.01. The van der Waals surface area contributed by atoms with Crippen molar-refractivity contribution in [1.82, 2.24) is 5.32 Å². The highest BCUT2D eigenvalue weighted by Crippen LogP contribution is 2.02. The number of aryl methyl sites for hydroxylation is 2. The Labute approximate surface area is 194 Å². The van der Waals surface area contributed by atoms with Gasteiger partial charge in [0.15, 0.2) is 18.6 Å². The second-order valence-corrected chi connectivity index (χ2v) is 6.44. The van der Waals surface area contributed by atoms with Crippen LogP contribution in [0.3, 0.4) is 0 Å². The van der Waals surface area contributed by atoms with Crippen molar-refractivity contribution in [1.29, 1.82) is 0 Å². The van der Waals surface area contributed by atoms with Gasteiger partial charge in [-0.25, -0.2) is 9.13 Å². The predicted octanol–water partition coefficient (Wildman–Crippen LogP) is -5.46. The maximum atomic E-state index is 11.7. The van der Waals surface area contributed by atoms with Crippen molar-refractivity contribution in [3.8, 4) is 0 Å². The first-order valence-corrected chi connectivity index (χ1v) is 7.63. The Hall–Kier alpha value is -1.34. The van der Waals surface area contributed by atoms with Crippen LogP contribution in [0.15, 0.2) is 54.1 Å². The zero-order valence-corrected chi connectivity index (χ0v) is 20.5. The van der Waals surface area contributed by atoms with Gasteiger partial charge in [-0.3, -0.25) is 4.79 Å². The molecule has 7 nitrogen and oxygen atoms in total. The van der Waals surface area contributed by atoms with Crippen molar-refractivity contribution in [3.63, 3.8) is 0 Å². The summed E-state index contributed by atoms with van der Waals surface area (Å²) in [7, 11) is 3.81. The molecule has 0 aliphatic carbocycles. The summed E-state index contributed by atoms with van der Waals surface area (Å²) < 4.78 is 3.76. The number of hydrogen-bond acceptors (Lipinski definition) is 3. The molecule has 0 spiro atoms. The van der Waals surface area contributed by atoms with Crippen LogP contribution in [0.25, 0.3) is 0 Å². The van der Waals surface area contributed by atoms with E-state index in [9.17, 15) is 4.79 Å². The second-order valence-electron chi connectivity index (χ2n) is 6.44. The van der Waals surface area contributed by atoms with Gasteiger partial charge >= 0.3 is 0 Å². The molecule has 0 aliphatic rings. The van der Waals surface area contributed by atoms with Gasteiger partial charge in [-0.15, -0.1) is 0 Å². The van der Waals surface area contributed by atoms with E-state index in [1.807, 2.05) is 80.8 Å². The Morgan fingerprint density at radius 3 is 2.07 bits per heavy atom. The molecule has 0 unspecified atom stereocenters. The van der Waals surface area contributed by atoms with Gasteiger partial charge in [-0.2, -0.15) is 0 Å². The van der Waals surface area contributed by atoms with Crippen LogP contribution >= 0.6 is 0 Å². The van der Waals surface area contributed by atoms with Crippen molar-refractivity contribution in [2.45, 2.75) is 26.3 Å². The van der Waals surface area contributed by atoms with Gasteiger partial charge in [-0.05, 0) is 26.8 Å². The van der Waals surface area contributed by atoms with E-state index in [-0.39, 0.29) is 64.9 Å². The summed E-state index contributed by atoms with van der Waals surface area (Å²) in [4.78, 5) is 11.7. The van der Waals surface area contributed by atoms with Crippen LogP contribution in [0.5, 0.6) is 0 Å². The molecule has 1 amide bonds. The summed E-state index contributed by atoms with van der Waals surface area (Å²) in [6, 6.07) is 9.27. The molecule has 0 fully saturated rings. The lowest BCUT2D eigenvalue weighted by atomic mass is 10.1. The Balaban J connectivity index is -0.000000400. The minimum absolute atomic E-state index is 0. The SMILES string of the molecule is C[n+]1ccc(C(=O)NC(C)(C)C)cc1.C[n+]1ccccc1C=NO.O.[I-].[I-]. The van der Waals surface area contributed by atoms with Crippen molar-refractivity contribution in [2.24, 2.45) is 19.3 Å². The second kappa shape index (κ2) is 14.7. The zero-order valence-electron chi connectivity index (χ0n) is 16.1. The molecular formula is C18H28I2N4O3. The number of aromatic nitrogens is 2. The van der Waals surface area contributed by atoms with E-state index in [1.54, 1.807) is 12.1 Å². The predicted molar refractivity (Wildman–Crippen MR) is 95.4 cm³/mol. The quantitative estimate of drug-likeness (QED) is 0.118. The minimum atomic E-state index is -0.185. The number of nitrogens with one attached hydrogen (secondary N) is 1. The summed E-state index contributed by atoms with van der Waals surface area (Å²) in [5, 5.41) is 14.0. The Kier molecular flexibility index (Phi) is 16.5. The third kappa shape index (κ3) is 12.6. The number of rotatable bonds is 2. The van der Waals surface area contributed by atoms with Crippen molar-refractivity contribution >= 4 is 12.1 Å². The van der Waals surface area contributed by atoms with Crippen LogP contribution in [0.2, 0.25) is 0 Å². The van der Waals surface area contributed by atoms with Gasteiger partial charge in [0.1, 0.15) is 20.3 Å². The molecule has 0 atom stereocenters. The lowest BCUT2D eigenvalue weighted by Gasteiger charge is -2.20. The van der Waals surface area contributed by atoms with E-state index in [4.69, 9.17) is 5.21 Å². The highest BCUT2D eigenvalue weighted by atomic mass is 127. The van der Waals surface area contributed by atoms with Gasteiger partial charge in [-0.1, -0.05) is 5.16 Å². The fourth-order valence-corrected chi connectivity index (χ4v) is 1.79. The molecular weight excluding hydrogens is 574 g/mol. The maximum Gasteiger partial charge on any atom is 0.252 e. The van der Waals surface area contributed by atoms with E-state index in [2.05, 4.69) is 10.5 Å². The van der Waals surface area contributed by atoms with Crippen molar-refractivity contribution in [3.05, 3.63) is 60.2 Å². The first-order chi connectivity index (χ1) is 11.2. The minimum Gasteiger partial charge on any atom is -1.00 e. The number of halogens is 2. The molecule has 0 saturated carbocycles. The summed E-state index contributed by atoms with van der Waals surface area (Å²) in [5.41, 5.74) is 1.37. The molecule has 2 heterocycles. The van der Waals surface area contributed by atoms with E-state index < -0.39 is 0 Å². The molecule has 4 N–H and O–H groups in total. The fraction of sp³-hybridized carbons (Fsp3) is 0.333. The number of nitrogens with zero attached hydrogens (tertiary/aromatic N) is 3. The molecule has 0 bridgehead atoms. The first kappa shape index (κ1) is 30.4. The van der Waals surface area contributed by atoms with E-state index in [0.717, 1.165) is 5.69 Å². The van der Waals surface area contributed by atoms with Gasteiger partial charge in [0.2, 0.25) is 5.69 Å². The van der Waals surface area contributed by atoms with E-state index in [0.29, 0.717) is 5.56 Å². The molecule has 27 heavy (non-hydrogen) atoms. The number of amides is 1. The monoisotopic (exact) mass is 602 g/mol. The number of oxime groups is 1. The van der Waals surface area contributed by atoms with Gasteiger partial charge < -0.3 is 64.0 Å². The number of pyridine rings is 2. The van der Waals surface area contributed by atoms with E-state index >= 15 is 0 Å². The topological polar surface area (TPSA) is 101 Å². The van der Waals surface area contributed by atoms with Gasteiger partial charge in [0.25, 0.3) is 5.91 Å². The van der Waals surface area contributed by atoms with Crippen LogP contribution < -0.4 is 62.4 Å². The van der Waals surface area contributed by atoms with Crippen LogP contribution in [-0.2, 0) is 14.1 Å². The summed E-state index contributed by atoms with van der Waals surface area (Å²) in [6.07, 6.45) is 6.99. The first-order valence-electron chi connectivity index (χ1n) is 7.63. The lowest BCUT2D eigenvalue weighted by Crippen LogP contribution is -3.00. The molecule has 0 saturated heterocycles. The molecule has 152 valence electrons. The number of carbonyl (C=O) groups excluding carboxylic acids is 1. The summed E-state index contributed by atoms with van der Waals surface area (Å²) in [6.45, 7) is 5.90. The molecule has 2 aromatic heterocycles. The van der Waals surface area contributed by atoms with Crippen LogP contribution in [0.1, 0.15) is 36.8 Å². The molecule has 2 rings (SSSR count). The molecule has 0 radical (unpaired) electrons. The van der Waals surface area contributed by atoms with Crippen LogP contribution in [0.4, 0.5) is 0 Å². The Morgan fingerprint density at radius 2 is 1.63 bits per heavy atom. The third-order valence-electron chi connectivity index (χ3n) is 3.01. The van der Waals surface area contributed by atoms with Gasteiger partial charge in [0, 0.05) is 29.8 Å². The normalized spacial score (nSPS) is 9.67. The average molecular weight is 602 g/mol. The number of hydrogen-bond donors (Lipinski definition) is 2. The molecule has 0 aliphatic heterocycles. The Bertz CT molecular complexity index is 702. The van der Waals surface area contributed by atoms with Crippen molar-refractivity contribution in [2.75, 3.05) is 0 Å². The zero-order chi connectivity index (χ0) is 18.2. The lowest BCUT2D eigenvalue weighted by molar-refractivity contribution is -0.672. The molecule has 9 heteroatoms. The smallest absolute Gasteiger partial charge is 0.252 e. The Morgan fingerprint density at radius 1 is 1.07 bits per heavy atom. The highest BCUT2D eigenvalue weighted by Gasteiger charge is 2.15. The fourth-order valence-electron chi connectivity index (χ4n) is 1.79. The van der Waals surface area contributed by atoms with Crippen molar-refractivity contribution < 1.29 is 72.6 Å². The summed E-state index contributed by atoms with van der Waals surface area (Å²) in [5.74, 6) is -0.0295. The maximum absolute atomic E-state index is 11.7. The van der Waals surface area contributed by atoms with Crippen LogP contribution in [-0.4, -0.2) is 28.3 Å². The molecule has 0 aromatic carbocycles. The summed E-state index contributed by atoms with van der Waals surface area (Å²) >= 11 is 0. The van der Waals surface area contributed by atoms with Gasteiger partial charge in [0.05, 0.1) is 5.56 Å². The van der Waals surface area contributed by atoms with E-state index in [1.165, 1.54) is 6.21 Å². The van der Waals surface area contributed by atoms with Crippen LogP contribution in [0, 0.1) is 0 Å².